The second-order valence-electron chi connectivity index (χ2n) is 4.34. The number of benzene rings is 1. The molecule has 0 spiro atoms. The molecule has 1 heterocycles. The van der Waals surface area contributed by atoms with Crippen molar-refractivity contribution in [2.75, 3.05) is 0 Å². The summed E-state index contributed by atoms with van der Waals surface area (Å²) in [6, 6.07) is 8.63. The summed E-state index contributed by atoms with van der Waals surface area (Å²) < 4.78 is 0. The summed E-state index contributed by atoms with van der Waals surface area (Å²) in [6.45, 7) is 8.05. The van der Waals surface area contributed by atoms with E-state index in [2.05, 4.69) is 55.3 Å². The van der Waals surface area contributed by atoms with Crippen LogP contribution in [0.2, 0.25) is 0 Å². The third kappa shape index (κ3) is 3.38. The largest absolute Gasteiger partial charge is 0.306 e. The fourth-order valence-corrected chi connectivity index (χ4v) is 2.54. The molecule has 0 unspecified atom stereocenters. The lowest BCUT2D eigenvalue weighted by molar-refractivity contribution is 0.689. The molecule has 0 aliphatic rings. The number of nitrogens with zero attached hydrogens (tertiary/aromatic N) is 1. The predicted octanol–water partition coefficient (Wildman–Crippen LogP) is 3.36. The standard InChI is InChI=1S/C14H18N2S/c1-10-4-6-13(7-5-10)8-15-9-14-16-11(2)12(3)17-14/h4-7,15H,8-9H2,1-3H3. The molecule has 0 aliphatic carbocycles. The maximum absolute atomic E-state index is 4.51. The fraction of sp³-hybridized carbons (Fsp3) is 0.357. The van der Waals surface area contributed by atoms with Gasteiger partial charge in [-0.3, -0.25) is 0 Å². The lowest BCUT2D eigenvalue weighted by atomic mass is 10.1. The van der Waals surface area contributed by atoms with Gasteiger partial charge in [0, 0.05) is 18.0 Å². The minimum atomic E-state index is 0.854. The van der Waals surface area contributed by atoms with Gasteiger partial charge in [0.15, 0.2) is 0 Å². The van der Waals surface area contributed by atoms with Crippen LogP contribution in [0.25, 0.3) is 0 Å². The van der Waals surface area contributed by atoms with E-state index in [4.69, 9.17) is 0 Å². The molecule has 3 heteroatoms. The first-order chi connectivity index (χ1) is 8.15. The van der Waals surface area contributed by atoms with Crippen LogP contribution in [0, 0.1) is 20.8 Å². The van der Waals surface area contributed by atoms with Crippen LogP contribution in [0.4, 0.5) is 0 Å². The van der Waals surface area contributed by atoms with Gasteiger partial charge in [-0.25, -0.2) is 4.98 Å². The van der Waals surface area contributed by atoms with Crippen molar-refractivity contribution in [3.63, 3.8) is 0 Å². The molecule has 1 N–H and O–H groups in total. The first kappa shape index (κ1) is 12.3. The molecule has 2 rings (SSSR count). The lowest BCUT2D eigenvalue weighted by Crippen LogP contribution is -2.12. The molecule has 1 aromatic carbocycles. The molecule has 90 valence electrons. The van der Waals surface area contributed by atoms with Crippen molar-refractivity contribution in [3.05, 3.63) is 51.0 Å². The molecule has 0 amide bonds. The van der Waals surface area contributed by atoms with E-state index in [-0.39, 0.29) is 0 Å². The molecule has 2 aromatic rings. The average Bonchev–Trinajstić information content (AvgIpc) is 2.61. The van der Waals surface area contributed by atoms with Crippen molar-refractivity contribution < 1.29 is 0 Å². The van der Waals surface area contributed by atoms with E-state index in [0.717, 1.165) is 18.8 Å². The number of hydrogen-bond acceptors (Lipinski definition) is 3. The summed E-state index contributed by atoms with van der Waals surface area (Å²) in [7, 11) is 0. The molecule has 0 saturated heterocycles. The van der Waals surface area contributed by atoms with Crippen LogP contribution in [0.15, 0.2) is 24.3 Å². The van der Waals surface area contributed by atoms with Crippen molar-refractivity contribution in [1.29, 1.82) is 0 Å². The highest BCUT2D eigenvalue weighted by molar-refractivity contribution is 7.11. The number of hydrogen-bond donors (Lipinski definition) is 1. The van der Waals surface area contributed by atoms with Crippen LogP contribution in [0.1, 0.15) is 26.7 Å². The summed E-state index contributed by atoms with van der Waals surface area (Å²) in [6.07, 6.45) is 0. The van der Waals surface area contributed by atoms with Gasteiger partial charge in [0.25, 0.3) is 0 Å². The van der Waals surface area contributed by atoms with Gasteiger partial charge >= 0.3 is 0 Å². The second-order valence-corrected chi connectivity index (χ2v) is 5.63. The zero-order valence-corrected chi connectivity index (χ0v) is 11.4. The van der Waals surface area contributed by atoms with Crippen LogP contribution < -0.4 is 5.32 Å². The van der Waals surface area contributed by atoms with Gasteiger partial charge in [-0.2, -0.15) is 0 Å². The highest BCUT2D eigenvalue weighted by atomic mass is 32.1. The average molecular weight is 246 g/mol. The maximum atomic E-state index is 4.51. The van der Waals surface area contributed by atoms with Gasteiger partial charge in [0.1, 0.15) is 5.01 Å². The number of rotatable bonds is 4. The van der Waals surface area contributed by atoms with Crippen LogP contribution in [-0.2, 0) is 13.1 Å². The van der Waals surface area contributed by atoms with Gasteiger partial charge in [-0.1, -0.05) is 29.8 Å². The summed E-state index contributed by atoms with van der Waals surface area (Å²) in [5.41, 5.74) is 3.78. The summed E-state index contributed by atoms with van der Waals surface area (Å²) in [5.74, 6) is 0. The highest BCUT2D eigenvalue weighted by Crippen LogP contribution is 2.16. The zero-order chi connectivity index (χ0) is 12.3. The summed E-state index contributed by atoms with van der Waals surface area (Å²) >= 11 is 1.78. The van der Waals surface area contributed by atoms with E-state index < -0.39 is 0 Å². The van der Waals surface area contributed by atoms with Gasteiger partial charge in [0.05, 0.1) is 5.69 Å². The van der Waals surface area contributed by atoms with Crippen LogP contribution >= 0.6 is 11.3 Å². The van der Waals surface area contributed by atoms with E-state index in [1.807, 2.05) is 0 Å². The van der Waals surface area contributed by atoms with Gasteiger partial charge in [0.2, 0.25) is 0 Å². The number of aromatic nitrogens is 1. The second kappa shape index (κ2) is 5.43. The Kier molecular flexibility index (Phi) is 3.92. The molecule has 1 aromatic heterocycles. The molecule has 0 bridgehead atoms. The normalized spacial score (nSPS) is 10.8. The SMILES string of the molecule is Cc1ccc(CNCc2nc(C)c(C)s2)cc1. The third-order valence-corrected chi connectivity index (χ3v) is 3.87. The van der Waals surface area contributed by atoms with Gasteiger partial charge < -0.3 is 5.32 Å². The molecular weight excluding hydrogens is 228 g/mol. The fourth-order valence-electron chi connectivity index (χ4n) is 1.63. The van der Waals surface area contributed by atoms with Crippen molar-refractivity contribution >= 4 is 11.3 Å². The lowest BCUT2D eigenvalue weighted by Gasteiger charge is -2.03. The third-order valence-electron chi connectivity index (χ3n) is 2.80. The highest BCUT2D eigenvalue weighted by Gasteiger charge is 2.02. The first-order valence-corrected chi connectivity index (χ1v) is 6.66. The molecule has 0 fully saturated rings. The van der Waals surface area contributed by atoms with Crippen LogP contribution in [0.3, 0.4) is 0 Å². The number of thiazole rings is 1. The van der Waals surface area contributed by atoms with Crippen molar-refractivity contribution in [2.24, 2.45) is 0 Å². The van der Waals surface area contributed by atoms with E-state index in [1.54, 1.807) is 11.3 Å². The quantitative estimate of drug-likeness (QED) is 0.894. The van der Waals surface area contributed by atoms with E-state index in [0.29, 0.717) is 0 Å². The monoisotopic (exact) mass is 246 g/mol. The molecule has 2 nitrogen and oxygen atoms in total. The summed E-state index contributed by atoms with van der Waals surface area (Å²) in [4.78, 5) is 5.83. The Morgan fingerprint density at radius 3 is 2.35 bits per heavy atom. The Morgan fingerprint density at radius 1 is 1.06 bits per heavy atom. The number of aryl methyl sites for hydroxylation is 3. The van der Waals surface area contributed by atoms with Gasteiger partial charge in [-0.05, 0) is 26.3 Å². The van der Waals surface area contributed by atoms with Crippen molar-refractivity contribution in [1.82, 2.24) is 10.3 Å². The molecule has 17 heavy (non-hydrogen) atoms. The Labute approximate surface area is 107 Å². The summed E-state index contributed by atoms with van der Waals surface area (Å²) in [5, 5.41) is 4.60. The minimum absolute atomic E-state index is 0.854. The van der Waals surface area contributed by atoms with Gasteiger partial charge in [-0.15, -0.1) is 11.3 Å². The smallest absolute Gasteiger partial charge is 0.107 e. The minimum Gasteiger partial charge on any atom is -0.306 e. The van der Waals surface area contributed by atoms with E-state index in [1.165, 1.54) is 21.0 Å². The Morgan fingerprint density at radius 2 is 1.76 bits per heavy atom. The van der Waals surface area contributed by atoms with E-state index in [9.17, 15) is 0 Å². The predicted molar refractivity (Wildman–Crippen MR) is 73.3 cm³/mol. The Bertz CT molecular complexity index is 466. The molecular formula is C14H18N2S. The van der Waals surface area contributed by atoms with Crippen molar-refractivity contribution in [3.8, 4) is 0 Å². The first-order valence-electron chi connectivity index (χ1n) is 5.84. The zero-order valence-electron chi connectivity index (χ0n) is 10.6. The Hall–Kier alpha value is -1.19. The van der Waals surface area contributed by atoms with Crippen molar-refractivity contribution in [2.45, 2.75) is 33.9 Å². The number of nitrogens with one attached hydrogen (secondary N) is 1. The Balaban J connectivity index is 1.85. The molecule has 0 radical (unpaired) electrons. The van der Waals surface area contributed by atoms with Crippen LogP contribution in [-0.4, -0.2) is 4.98 Å². The maximum Gasteiger partial charge on any atom is 0.107 e. The molecule has 0 saturated carbocycles. The molecule has 0 atom stereocenters. The molecule has 0 aliphatic heterocycles. The van der Waals surface area contributed by atoms with Crippen LogP contribution in [0.5, 0.6) is 0 Å². The van der Waals surface area contributed by atoms with E-state index >= 15 is 0 Å². The topological polar surface area (TPSA) is 24.9 Å².